The molecule has 0 atom stereocenters. The van der Waals surface area contributed by atoms with Gasteiger partial charge in [-0.3, -0.25) is 0 Å². The summed E-state index contributed by atoms with van der Waals surface area (Å²) in [6.07, 6.45) is 0. The second kappa shape index (κ2) is 4.04. The molecule has 1 nitrogen and oxygen atoms in total. The standard InChI is InChI=1S/C8H8I2O/c1-5-2-7(9)6(4-11)8(10)3-5/h2-3,11H,4H2,1H3. The molecule has 1 aromatic carbocycles. The van der Waals surface area contributed by atoms with E-state index >= 15 is 0 Å². The Morgan fingerprint density at radius 3 is 2.09 bits per heavy atom. The van der Waals surface area contributed by atoms with Gasteiger partial charge in [0, 0.05) is 12.7 Å². The monoisotopic (exact) mass is 374 g/mol. The van der Waals surface area contributed by atoms with Gasteiger partial charge in [-0.1, -0.05) is 0 Å². The Hall–Kier alpha value is 0.640. The number of rotatable bonds is 1. The van der Waals surface area contributed by atoms with E-state index in [1.165, 1.54) is 5.56 Å². The molecular formula is C8H8I2O. The fourth-order valence-corrected chi connectivity index (χ4v) is 3.30. The van der Waals surface area contributed by atoms with Crippen molar-refractivity contribution < 1.29 is 5.11 Å². The number of hydrogen-bond acceptors (Lipinski definition) is 1. The summed E-state index contributed by atoms with van der Waals surface area (Å²) in [6.45, 7) is 2.20. The first kappa shape index (κ1) is 9.73. The minimum atomic E-state index is 0.136. The van der Waals surface area contributed by atoms with Crippen molar-refractivity contribution in [3.05, 3.63) is 30.4 Å². The second-order valence-electron chi connectivity index (χ2n) is 2.37. The first-order chi connectivity index (χ1) is 5.15. The Labute approximate surface area is 93.5 Å². The van der Waals surface area contributed by atoms with Crippen LogP contribution in [0.5, 0.6) is 0 Å². The van der Waals surface area contributed by atoms with E-state index in [2.05, 4.69) is 64.2 Å². The van der Waals surface area contributed by atoms with Crippen LogP contribution in [0, 0.1) is 14.1 Å². The van der Waals surface area contributed by atoms with Crippen molar-refractivity contribution in [3.8, 4) is 0 Å². The number of benzene rings is 1. The lowest BCUT2D eigenvalue weighted by molar-refractivity contribution is 0.280. The van der Waals surface area contributed by atoms with E-state index in [0.29, 0.717) is 0 Å². The molecule has 11 heavy (non-hydrogen) atoms. The molecule has 1 rings (SSSR count). The maximum Gasteiger partial charge on any atom is 0.0702 e. The maximum absolute atomic E-state index is 8.98. The van der Waals surface area contributed by atoms with Gasteiger partial charge in [0.15, 0.2) is 0 Å². The molecule has 0 heterocycles. The zero-order chi connectivity index (χ0) is 8.43. The van der Waals surface area contributed by atoms with Crippen LogP contribution in [0.25, 0.3) is 0 Å². The van der Waals surface area contributed by atoms with Crippen molar-refractivity contribution in [2.24, 2.45) is 0 Å². The Bertz CT molecular complexity index is 248. The Morgan fingerprint density at radius 2 is 1.73 bits per heavy atom. The summed E-state index contributed by atoms with van der Waals surface area (Å²) >= 11 is 4.49. The normalized spacial score (nSPS) is 10.2. The van der Waals surface area contributed by atoms with Crippen LogP contribution in [-0.4, -0.2) is 5.11 Å². The summed E-state index contributed by atoms with van der Waals surface area (Å²) in [5.74, 6) is 0. The minimum Gasteiger partial charge on any atom is -0.392 e. The van der Waals surface area contributed by atoms with Crippen LogP contribution in [0.3, 0.4) is 0 Å². The third-order valence-corrected chi connectivity index (χ3v) is 3.37. The molecular weight excluding hydrogens is 366 g/mol. The molecule has 3 heteroatoms. The Morgan fingerprint density at radius 1 is 1.27 bits per heavy atom. The summed E-state index contributed by atoms with van der Waals surface area (Å²) in [5, 5.41) is 8.98. The van der Waals surface area contributed by atoms with Crippen molar-refractivity contribution in [1.29, 1.82) is 0 Å². The topological polar surface area (TPSA) is 20.2 Å². The van der Waals surface area contributed by atoms with Gasteiger partial charge in [-0.2, -0.15) is 0 Å². The molecule has 0 fully saturated rings. The summed E-state index contributed by atoms with van der Waals surface area (Å²) in [4.78, 5) is 0. The van der Waals surface area contributed by atoms with Gasteiger partial charge >= 0.3 is 0 Å². The molecule has 0 aliphatic heterocycles. The van der Waals surface area contributed by atoms with Crippen LogP contribution in [0.4, 0.5) is 0 Å². The fourth-order valence-electron chi connectivity index (χ4n) is 0.881. The molecule has 0 amide bonds. The minimum absolute atomic E-state index is 0.136. The van der Waals surface area contributed by atoms with Gasteiger partial charge in [0.25, 0.3) is 0 Å². The molecule has 0 aliphatic rings. The van der Waals surface area contributed by atoms with Crippen LogP contribution < -0.4 is 0 Å². The largest absolute Gasteiger partial charge is 0.392 e. The van der Waals surface area contributed by atoms with Crippen LogP contribution in [-0.2, 0) is 6.61 Å². The number of aryl methyl sites for hydroxylation is 1. The molecule has 0 spiro atoms. The van der Waals surface area contributed by atoms with E-state index in [1.54, 1.807) is 0 Å². The number of halogens is 2. The number of hydrogen-bond donors (Lipinski definition) is 1. The average Bonchev–Trinajstić information content (AvgIpc) is 1.85. The summed E-state index contributed by atoms with van der Waals surface area (Å²) in [6, 6.07) is 4.16. The van der Waals surface area contributed by atoms with Gasteiger partial charge in [0.2, 0.25) is 0 Å². The summed E-state index contributed by atoms with van der Waals surface area (Å²) in [7, 11) is 0. The maximum atomic E-state index is 8.98. The molecule has 0 radical (unpaired) electrons. The van der Waals surface area contributed by atoms with Gasteiger partial charge in [-0.05, 0) is 69.8 Å². The van der Waals surface area contributed by atoms with Gasteiger partial charge in [-0.25, -0.2) is 0 Å². The van der Waals surface area contributed by atoms with Gasteiger partial charge in [0.05, 0.1) is 6.61 Å². The molecule has 0 aliphatic carbocycles. The summed E-state index contributed by atoms with van der Waals surface area (Å²) in [5.41, 5.74) is 2.28. The molecule has 0 unspecified atom stereocenters. The van der Waals surface area contributed by atoms with Crippen molar-refractivity contribution in [3.63, 3.8) is 0 Å². The van der Waals surface area contributed by atoms with E-state index in [9.17, 15) is 0 Å². The van der Waals surface area contributed by atoms with Crippen LogP contribution >= 0.6 is 45.2 Å². The van der Waals surface area contributed by atoms with E-state index in [4.69, 9.17) is 5.11 Å². The predicted octanol–water partition coefficient (Wildman–Crippen LogP) is 2.70. The molecule has 0 bridgehead atoms. The second-order valence-corrected chi connectivity index (χ2v) is 4.69. The highest BCUT2D eigenvalue weighted by molar-refractivity contribution is 14.1. The van der Waals surface area contributed by atoms with E-state index in [-0.39, 0.29) is 6.61 Å². The van der Waals surface area contributed by atoms with Crippen LogP contribution in [0.2, 0.25) is 0 Å². The quantitative estimate of drug-likeness (QED) is 0.750. The summed E-state index contributed by atoms with van der Waals surface area (Å²) < 4.78 is 2.30. The molecule has 0 aromatic heterocycles. The molecule has 1 aromatic rings. The van der Waals surface area contributed by atoms with Crippen molar-refractivity contribution in [2.75, 3.05) is 0 Å². The van der Waals surface area contributed by atoms with Crippen molar-refractivity contribution >= 4 is 45.2 Å². The zero-order valence-electron chi connectivity index (χ0n) is 6.06. The highest BCUT2D eigenvalue weighted by Gasteiger charge is 2.03. The molecule has 60 valence electrons. The predicted molar refractivity (Wildman–Crippen MR) is 62.5 cm³/mol. The van der Waals surface area contributed by atoms with Gasteiger partial charge in [0.1, 0.15) is 0 Å². The SMILES string of the molecule is Cc1cc(I)c(CO)c(I)c1. The molecule has 1 N–H and O–H groups in total. The number of aliphatic hydroxyl groups is 1. The zero-order valence-corrected chi connectivity index (χ0v) is 10.4. The van der Waals surface area contributed by atoms with Crippen molar-refractivity contribution in [2.45, 2.75) is 13.5 Å². The third-order valence-electron chi connectivity index (χ3n) is 1.44. The van der Waals surface area contributed by atoms with Crippen LogP contribution in [0.15, 0.2) is 12.1 Å². The van der Waals surface area contributed by atoms with Gasteiger partial charge < -0.3 is 5.11 Å². The van der Waals surface area contributed by atoms with E-state index in [0.717, 1.165) is 12.7 Å². The Balaban J connectivity index is 3.25. The van der Waals surface area contributed by atoms with Gasteiger partial charge in [-0.15, -0.1) is 0 Å². The highest BCUT2D eigenvalue weighted by atomic mass is 127. The first-order valence-corrected chi connectivity index (χ1v) is 5.36. The third kappa shape index (κ3) is 2.29. The van der Waals surface area contributed by atoms with Crippen molar-refractivity contribution in [1.82, 2.24) is 0 Å². The number of aliphatic hydroxyl groups excluding tert-OH is 1. The fraction of sp³-hybridized carbons (Fsp3) is 0.250. The average molecular weight is 374 g/mol. The lowest BCUT2D eigenvalue weighted by Gasteiger charge is -2.04. The Kier molecular flexibility index (Phi) is 3.57. The lowest BCUT2D eigenvalue weighted by Crippen LogP contribution is -1.93. The van der Waals surface area contributed by atoms with Crippen LogP contribution in [0.1, 0.15) is 11.1 Å². The molecule has 0 saturated carbocycles. The lowest BCUT2D eigenvalue weighted by atomic mass is 10.2. The molecule has 0 saturated heterocycles. The van der Waals surface area contributed by atoms with E-state index in [1.807, 2.05) is 0 Å². The highest BCUT2D eigenvalue weighted by Crippen LogP contribution is 2.20. The first-order valence-electron chi connectivity index (χ1n) is 3.20. The smallest absolute Gasteiger partial charge is 0.0702 e. The van der Waals surface area contributed by atoms with E-state index < -0.39 is 0 Å².